The SMILES string of the molecule is O=C(/C=C/c1ccccc1)CC1=Nc2nnc(NC(=O)Nc3ccc(Cl)cc3)n2CC1=O.[HH].[HH]. The molecule has 2 aromatic carbocycles. The van der Waals surface area contributed by atoms with Gasteiger partial charge < -0.3 is 5.32 Å². The molecule has 4 rings (SSSR count). The molecule has 3 aromatic rings. The van der Waals surface area contributed by atoms with Crippen LogP contribution < -0.4 is 10.6 Å². The Kier molecular flexibility index (Phi) is 6.18. The summed E-state index contributed by atoms with van der Waals surface area (Å²) in [5, 5.41) is 13.5. The number of aromatic nitrogens is 3. The number of amides is 2. The lowest BCUT2D eigenvalue weighted by molar-refractivity contribution is -0.116. The topological polar surface area (TPSA) is 118 Å². The molecule has 0 saturated heterocycles. The third-order valence-electron chi connectivity index (χ3n) is 4.52. The van der Waals surface area contributed by atoms with Crippen molar-refractivity contribution in [3.05, 3.63) is 71.3 Å². The van der Waals surface area contributed by atoms with E-state index in [-0.39, 0.29) is 45.0 Å². The lowest BCUT2D eigenvalue weighted by Gasteiger charge is -2.14. The van der Waals surface area contributed by atoms with Gasteiger partial charge in [-0.05, 0) is 35.9 Å². The molecule has 2 N–H and O–H groups in total. The predicted octanol–water partition coefficient (Wildman–Crippen LogP) is 4.40. The second kappa shape index (κ2) is 9.36. The molecule has 1 aromatic heterocycles. The summed E-state index contributed by atoms with van der Waals surface area (Å²) in [6, 6.07) is 15.4. The van der Waals surface area contributed by atoms with Gasteiger partial charge in [0.15, 0.2) is 11.6 Å². The Morgan fingerprint density at radius 1 is 1.06 bits per heavy atom. The highest BCUT2D eigenvalue weighted by molar-refractivity contribution is 6.44. The normalized spacial score (nSPS) is 12.9. The maximum absolute atomic E-state index is 12.5. The number of rotatable bonds is 6. The van der Waals surface area contributed by atoms with Crippen molar-refractivity contribution in [3.8, 4) is 0 Å². The number of halogens is 1. The van der Waals surface area contributed by atoms with Crippen LogP contribution in [0.1, 0.15) is 14.8 Å². The van der Waals surface area contributed by atoms with Gasteiger partial charge in [0.1, 0.15) is 0 Å². The maximum Gasteiger partial charge on any atom is 0.326 e. The minimum Gasteiger partial charge on any atom is -0.308 e. The van der Waals surface area contributed by atoms with Crippen LogP contribution in [-0.4, -0.2) is 38.1 Å². The van der Waals surface area contributed by atoms with Crippen LogP contribution in [0.3, 0.4) is 0 Å². The van der Waals surface area contributed by atoms with E-state index >= 15 is 0 Å². The Hall–Kier alpha value is -4.11. The number of aliphatic imine (C=N–C) groups is 1. The minimum absolute atomic E-state index is 0. The van der Waals surface area contributed by atoms with E-state index < -0.39 is 6.03 Å². The molecule has 164 valence electrons. The molecule has 1 aliphatic heterocycles. The van der Waals surface area contributed by atoms with E-state index in [0.29, 0.717) is 10.7 Å². The van der Waals surface area contributed by atoms with Crippen molar-refractivity contribution in [2.24, 2.45) is 4.99 Å². The molecule has 0 unspecified atom stereocenters. The van der Waals surface area contributed by atoms with Gasteiger partial charge in [-0.1, -0.05) is 48.0 Å². The van der Waals surface area contributed by atoms with E-state index in [2.05, 4.69) is 25.8 Å². The lowest BCUT2D eigenvalue weighted by atomic mass is 10.1. The summed E-state index contributed by atoms with van der Waals surface area (Å²) in [5.41, 5.74) is 1.51. The molecule has 9 nitrogen and oxygen atoms in total. The first-order valence-electron chi connectivity index (χ1n) is 9.61. The van der Waals surface area contributed by atoms with Crippen molar-refractivity contribution in [1.82, 2.24) is 14.8 Å². The fourth-order valence-corrected chi connectivity index (χ4v) is 3.07. The van der Waals surface area contributed by atoms with Crippen LogP contribution in [0.2, 0.25) is 5.02 Å². The summed E-state index contributed by atoms with van der Waals surface area (Å²) >= 11 is 5.83. The van der Waals surface area contributed by atoms with Crippen molar-refractivity contribution in [2.75, 3.05) is 10.6 Å². The van der Waals surface area contributed by atoms with Gasteiger partial charge in [0.25, 0.3) is 5.95 Å². The molecule has 0 radical (unpaired) electrons. The number of carbonyl (C=O) groups is 3. The highest BCUT2D eigenvalue weighted by Gasteiger charge is 2.26. The molecule has 0 aliphatic carbocycles. The quantitative estimate of drug-likeness (QED) is 0.537. The first kappa shape index (κ1) is 21.1. The van der Waals surface area contributed by atoms with Crippen LogP contribution in [0.4, 0.5) is 22.4 Å². The number of hydrogen-bond donors (Lipinski definition) is 2. The van der Waals surface area contributed by atoms with Crippen LogP contribution in [0.15, 0.2) is 65.7 Å². The fourth-order valence-electron chi connectivity index (χ4n) is 2.95. The second-order valence-corrected chi connectivity index (χ2v) is 7.30. The predicted molar refractivity (Wildman–Crippen MR) is 126 cm³/mol. The number of allylic oxidation sites excluding steroid dienone is 1. The van der Waals surface area contributed by atoms with Crippen LogP contribution in [0.5, 0.6) is 0 Å². The van der Waals surface area contributed by atoms with E-state index in [4.69, 9.17) is 11.6 Å². The average molecular weight is 453 g/mol. The third kappa shape index (κ3) is 5.13. The molecule has 1 aliphatic rings. The van der Waals surface area contributed by atoms with Crippen molar-refractivity contribution in [1.29, 1.82) is 0 Å². The fraction of sp³-hybridized carbons (Fsp3) is 0.0909. The number of urea groups is 1. The van der Waals surface area contributed by atoms with Gasteiger partial charge in [0, 0.05) is 13.6 Å². The Balaban J connectivity index is 0.00000204. The number of carbonyl (C=O) groups excluding carboxylic acids is 3. The van der Waals surface area contributed by atoms with Crippen molar-refractivity contribution in [2.45, 2.75) is 13.0 Å². The maximum atomic E-state index is 12.5. The zero-order valence-electron chi connectivity index (χ0n) is 16.7. The number of benzene rings is 2. The monoisotopic (exact) mass is 452 g/mol. The summed E-state index contributed by atoms with van der Waals surface area (Å²) in [7, 11) is 0. The molecule has 0 saturated carbocycles. The van der Waals surface area contributed by atoms with Crippen LogP contribution >= 0.6 is 11.6 Å². The summed E-state index contributed by atoms with van der Waals surface area (Å²) in [6.07, 6.45) is 2.95. The number of fused-ring (bicyclic) bond motifs is 1. The highest BCUT2D eigenvalue weighted by atomic mass is 35.5. The van der Waals surface area contributed by atoms with Gasteiger partial charge >= 0.3 is 6.03 Å². The first-order chi connectivity index (χ1) is 15.5. The number of nitrogens with zero attached hydrogens (tertiary/aromatic N) is 4. The molecular formula is C22H21ClN6O3. The number of hydrogen-bond acceptors (Lipinski definition) is 6. The van der Waals surface area contributed by atoms with Crippen molar-refractivity contribution in [3.63, 3.8) is 0 Å². The van der Waals surface area contributed by atoms with Gasteiger partial charge in [0.2, 0.25) is 5.95 Å². The lowest BCUT2D eigenvalue weighted by Crippen LogP contribution is -2.28. The highest BCUT2D eigenvalue weighted by Crippen LogP contribution is 2.21. The Labute approximate surface area is 190 Å². The van der Waals surface area contributed by atoms with Crippen LogP contribution in [0, 0.1) is 0 Å². The number of Topliss-reactive ketones (excluding diaryl/α,β-unsaturated/α-hetero) is 1. The van der Waals surface area contributed by atoms with Gasteiger partial charge in [0.05, 0.1) is 18.7 Å². The van der Waals surface area contributed by atoms with Gasteiger partial charge in [-0.2, -0.15) is 0 Å². The van der Waals surface area contributed by atoms with E-state index in [0.717, 1.165) is 5.56 Å². The number of ketones is 2. The standard InChI is InChI=1S/C22H17ClN6O3.2H2/c23-15-7-9-16(10-8-15)24-22(32)26-21-28-27-20-25-18(19(31)13-29(20)21)12-17(30)11-6-14-4-2-1-3-5-14;;/h1-11H,12-13H2,(H2,24,26,28,32);2*1H/b11-6+;;. The third-order valence-corrected chi connectivity index (χ3v) is 4.77. The van der Waals surface area contributed by atoms with Gasteiger partial charge in [-0.15, -0.1) is 10.2 Å². The minimum atomic E-state index is -0.564. The molecule has 2 amide bonds. The van der Waals surface area contributed by atoms with E-state index in [1.807, 2.05) is 30.3 Å². The molecule has 0 bridgehead atoms. The van der Waals surface area contributed by atoms with E-state index in [1.165, 1.54) is 10.6 Å². The molecule has 10 heteroatoms. The summed E-state index contributed by atoms with van der Waals surface area (Å²) in [6.45, 7) is -0.132. The molecule has 32 heavy (non-hydrogen) atoms. The van der Waals surface area contributed by atoms with E-state index in [1.54, 1.807) is 30.3 Å². The smallest absolute Gasteiger partial charge is 0.308 e. The number of nitrogens with one attached hydrogen (secondary N) is 2. The molecule has 2 heterocycles. The molecule has 0 spiro atoms. The summed E-state index contributed by atoms with van der Waals surface area (Å²) in [4.78, 5) is 41.1. The van der Waals surface area contributed by atoms with Crippen LogP contribution in [-0.2, 0) is 16.1 Å². The Morgan fingerprint density at radius 3 is 2.56 bits per heavy atom. The second-order valence-electron chi connectivity index (χ2n) is 6.86. The van der Waals surface area contributed by atoms with Crippen molar-refractivity contribution >= 4 is 58.6 Å². The van der Waals surface area contributed by atoms with Gasteiger partial charge in [-0.25, -0.2) is 9.79 Å². The average Bonchev–Trinajstić information content (AvgIpc) is 3.16. The first-order valence-corrected chi connectivity index (χ1v) is 9.99. The van der Waals surface area contributed by atoms with Gasteiger partial charge in [-0.3, -0.25) is 19.5 Å². The van der Waals surface area contributed by atoms with E-state index in [9.17, 15) is 14.4 Å². The summed E-state index contributed by atoms with van der Waals surface area (Å²) < 4.78 is 1.37. The zero-order chi connectivity index (χ0) is 22.5. The molecular weight excluding hydrogens is 432 g/mol. The molecule has 0 atom stereocenters. The number of anilines is 2. The Bertz CT molecular complexity index is 1240. The largest absolute Gasteiger partial charge is 0.326 e. The zero-order valence-corrected chi connectivity index (χ0v) is 17.4. The molecule has 0 fully saturated rings. The Morgan fingerprint density at radius 2 is 1.81 bits per heavy atom. The van der Waals surface area contributed by atoms with Crippen molar-refractivity contribution < 1.29 is 17.2 Å². The van der Waals surface area contributed by atoms with Crippen LogP contribution in [0.25, 0.3) is 6.08 Å². The summed E-state index contributed by atoms with van der Waals surface area (Å²) in [5.74, 6) is -0.395.